The molecule has 1 amide bonds. The summed E-state index contributed by atoms with van der Waals surface area (Å²) in [6, 6.07) is 1.81. The summed E-state index contributed by atoms with van der Waals surface area (Å²) in [5, 5.41) is 3.11. The normalized spacial score (nSPS) is 17.8. The fraction of sp³-hybridized carbons (Fsp3) is 0.706. The molecule has 136 valence electrons. The molecule has 6 nitrogen and oxygen atoms in total. The molecule has 7 heteroatoms. The van der Waals surface area contributed by atoms with E-state index < -0.39 is 6.04 Å². The molecule has 1 aliphatic heterocycles. The summed E-state index contributed by atoms with van der Waals surface area (Å²) in [4.78, 5) is 23.3. The van der Waals surface area contributed by atoms with Gasteiger partial charge in [-0.05, 0) is 32.6 Å². The van der Waals surface area contributed by atoms with Crippen molar-refractivity contribution in [2.45, 2.75) is 59.0 Å². The Kier molecular flexibility index (Phi) is 7.90. The van der Waals surface area contributed by atoms with Crippen LogP contribution in [-0.2, 0) is 4.79 Å². The molecule has 1 saturated heterocycles. The average molecular weight is 356 g/mol. The second kappa shape index (κ2) is 9.18. The number of carbonyl (C=O) groups is 1. The Balaban J connectivity index is 0.00000288. The van der Waals surface area contributed by atoms with Gasteiger partial charge in [-0.1, -0.05) is 20.3 Å². The number of nitrogens with one attached hydrogen (secondary N) is 1. The Morgan fingerprint density at radius 1 is 1.38 bits per heavy atom. The highest BCUT2D eigenvalue weighted by Gasteiger charge is 2.25. The predicted molar refractivity (Wildman–Crippen MR) is 99.6 cm³/mol. The first kappa shape index (κ1) is 20.6. The topological polar surface area (TPSA) is 84.1 Å². The van der Waals surface area contributed by atoms with Crippen LogP contribution in [0.5, 0.6) is 0 Å². The van der Waals surface area contributed by atoms with E-state index in [1.807, 2.05) is 26.8 Å². The second-order valence-corrected chi connectivity index (χ2v) is 6.60. The number of piperidine rings is 1. The number of amides is 1. The molecule has 0 aromatic carbocycles. The summed E-state index contributed by atoms with van der Waals surface area (Å²) in [5.74, 6) is 1.97. The third kappa shape index (κ3) is 5.31. The van der Waals surface area contributed by atoms with Crippen LogP contribution in [0.15, 0.2) is 6.07 Å². The Morgan fingerprint density at radius 2 is 2.00 bits per heavy atom. The highest BCUT2D eigenvalue weighted by molar-refractivity contribution is 5.85. The summed E-state index contributed by atoms with van der Waals surface area (Å²) in [7, 11) is 0. The highest BCUT2D eigenvalue weighted by Crippen LogP contribution is 2.19. The molecular formula is C17H30ClN5O. The molecule has 0 bridgehead atoms. The number of aromatic nitrogens is 2. The molecule has 0 aliphatic carbocycles. The first-order chi connectivity index (χ1) is 10.9. The SMILES string of the molecule is CCC(C)C(N)C(=O)NC1CCN(c2cc(C)nc(C)n2)CC1.Cl. The number of halogens is 1. The van der Waals surface area contributed by atoms with Crippen LogP contribution in [0.25, 0.3) is 0 Å². The summed E-state index contributed by atoms with van der Waals surface area (Å²) in [5.41, 5.74) is 6.99. The maximum absolute atomic E-state index is 12.2. The standard InChI is InChI=1S/C17H29N5O.ClH/c1-5-11(2)16(18)17(23)21-14-6-8-22(9-7-14)15-10-12(3)19-13(4)20-15;/h10-11,14,16H,5-9,18H2,1-4H3,(H,21,23);1H. The van der Waals surface area contributed by atoms with Gasteiger partial charge in [0.05, 0.1) is 6.04 Å². The van der Waals surface area contributed by atoms with Crippen LogP contribution >= 0.6 is 12.4 Å². The van der Waals surface area contributed by atoms with Gasteiger partial charge in [-0.15, -0.1) is 12.4 Å². The first-order valence-corrected chi connectivity index (χ1v) is 8.54. The highest BCUT2D eigenvalue weighted by atomic mass is 35.5. The Hall–Kier alpha value is -1.40. The lowest BCUT2D eigenvalue weighted by molar-refractivity contribution is -0.124. The number of nitrogens with two attached hydrogens (primary N) is 1. The zero-order chi connectivity index (χ0) is 17.0. The van der Waals surface area contributed by atoms with E-state index in [1.54, 1.807) is 0 Å². The number of nitrogens with zero attached hydrogens (tertiary/aromatic N) is 3. The van der Waals surface area contributed by atoms with E-state index in [0.717, 1.165) is 49.7 Å². The van der Waals surface area contributed by atoms with E-state index in [0.29, 0.717) is 0 Å². The van der Waals surface area contributed by atoms with Crippen molar-refractivity contribution in [3.05, 3.63) is 17.6 Å². The van der Waals surface area contributed by atoms with Crippen LogP contribution in [0.2, 0.25) is 0 Å². The molecule has 24 heavy (non-hydrogen) atoms. The van der Waals surface area contributed by atoms with Crippen molar-refractivity contribution < 1.29 is 4.79 Å². The van der Waals surface area contributed by atoms with Crippen molar-refractivity contribution in [2.75, 3.05) is 18.0 Å². The van der Waals surface area contributed by atoms with Gasteiger partial charge < -0.3 is 16.0 Å². The Labute approximate surface area is 151 Å². The molecule has 3 N–H and O–H groups in total. The molecule has 1 aliphatic rings. The summed E-state index contributed by atoms with van der Waals surface area (Å²) in [6.45, 7) is 9.76. The summed E-state index contributed by atoms with van der Waals surface area (Å²) < 4.78 is 0. The fourth-order valence-corrected chi connectivity index (χ4v) is 2.92. The van der Waals surface area contributed by atoms with E-state index in [2.05, 4.69) is 27.1 Å². The maximum Gasteiger partial charge on any atom is 0.237 e. The number of carbonyl (C=O) groups excluding carboxylic acids is 1. The lowest BCUT2D eigenvalue weighted by atomic mass is 9.98. The molecular weight excluding hydrogens is 326 g/mol. The molecule has 0 radical (unpaired) electrons. The van der Waals surface area contributed by atoms with E-state index >= 15 is 0 Å². The van der Waals surface area contributed by atoms with Gasteiger partial charge in [-0.3, -0.25) is 4.79 Å². The van der Waals surface area contributed by atoms with Crippen molar-refractivity contribution in [2.24, 2.45) is 11.7 Å². The Bertz CT molecular complexity index is 526. The number of hydrogen-bond donors (Lipinski definition) is 2. The van der Waals surface area contributed by atoms with Crippen LogP contribution in [0.4, 0.5) is 5.82 Å². The quantitative estimate of drug-likeness (QED) is 0.843. The minimum absolute atomic E-state index is 0. The lowest BCUT2D eigenvalue weighted by Gasteiger charge is -2.34. The van der Waals surface area contributed by atoms with Crippen LogP contribution in [0.1, 0.15) is 44.6 Å². The van der Waals surface area contributed by atoms with Crippen LogP contribution < -0.4 is 16.0 Å². The van der Waals surface area contributed by atoms with Gasteiger partial charge in [0.2, 0.25) is 5.91 Å². The van der Waals surface area contributed by atoms with Crippen LogP contribution in [-0.4, -0.2) is 41.0 Å². The molecule has 1 fully saturated rings. The third-order valence-corrected chi connectivity index (χ3v) is 4.68. The summed E-state index contributed by atoms with van der Waals surface area (Å²) >= 11 is 0. The molecule has 2 heterocycles. The van der Waals surface area contributed by atoms with E-state index in [-0.39, 0.29) is 30.3 Å². The number of rotatable bonds is 5. The van der Waals surface area contributed by atoms with Crippen molar-refractivity contribution in [1.29, 1.82) is 0 Å². The predicted octanol–water partition coefficient (Wildman–Crippen LogP) is 1.97. The first-order valence-electron chi connectivity index (χ1n) is 8.54. The molecule has 1 aromatic heterocycles. The maximum atomic E-state index is 12.2. The van der Waals surface area contributed by atoms with Crippen molar-refractivity contribution in [3.8, 4) is 0 Å². The monoisotopic (exact) mass is 355 g/mol. The van der Waals surface area contributed by atoms with Crippen LogP contribution in [0.3, 0.4) is 0 Å². The van der Waals surface area contributed by atoms with Gasteiger partial charge in [-0.2, -0.15) is 0 Å². The van der Waals surface area contributed by atoms with Gasteiger partial charge in [-0.25, -0.2) is 9.97 Å². The zero-order valence-corrected chi connectivity index (χ0v) is 15.9. The molecule has 2 unspecified atom stereocenters. The number of aryl methyl sites for hydroxylation is 2. The molecule has 0 saturated carbocycles. The van der Waals surface area contributed by atoms with Crippen molar-refractivity contribution >= 4 is 24.1 Å². The van der Waals surface area contributed by atoms with E-state index in [9.17, 15) is 4.79 Å². The van der Waals surface area contributed by atoms with Gasteiger partial charge in [0.25, 0.3) is 0 Å². The zero-order valence-electron chi connectivity index (χ0n) is 15.1. The van der Waals surface area contributed by atoms with Crippen LogP contribution in [0, 0.1) is 19.8 Å². The summed E-state index contributed by atoms with van der Waals surface area (Å²) in [6.07, 6.45) is 2.75. The molecule has 1 aromatic rings. The minimum Gasteiger partial charge on any atom is -0.356 e. The van der Waals surface area contributed by atoms with Crippen molar-refractivity contribution in [3.63, 3.8) is 0 Å². The second-order valence-electron chi connectivity index (χ2n) is 6.60. The van der Waals surface area contributed by atoms with E-state index in [1.165, 1.54) is 0 Å². The van der Waals surface area contributed by atoms with Crippen molar-refractivity contribution in [1.82, 2.24) is 15.3 Å². The number of hydrogen-bond acceptors (Lipinski definition) is 5. The molecule has 0 spiro atoms. The molecule has 2 rings (SSSR count). The number of anilines is 1. The van der Waals surface area contributed by atoms with Gasteiger partial charge in [0.15, 0.2) is 0 Å². The third-order valence-electron chi connectivity index (χ3n) is 4.68. The smallest absolute Gasteiger partial charge is 0.237 e. The molecule has 2 atom stereocenters. The average Bonchev–Trinajstić information content (AvgIpc) is 2.53. The Morgan fingerprint density at radius 3 is 2.54 bits per heavy atom. The minimum atomic E-state index is -0.412. The largest absolute Gasteiger partial charge is 0.356 e. The fourth-order valence-electron chi connectivity index (χ4n) is 2.92. The van der Waals surface area contributed by atoms with E-state index in [4.69, 9.17) is 5.73 Å². The van der Waals surface area contributed by atoms with Gasteiger partial charge in [0.1, 0.15) is 11.6 Å². The van der Waals surface area contributed by atoms with Gasteiger partial charge in [0, 0.05) is 30.9 Å². The lowest BCUT2D eigenvalue weighted by Crippen LogP contribution is -2.51. The van der Waals surface area contributed by atoms with Gasteiger partial charge >= 0.3 is 0 Å².